The van der Waals surface area contributed by atoms with Gasteiger partial charge in [-0.3, -0.25) is 0 Å². The van der Waals surface area contributed by atoms with Crippen molar-refractivity contribution < 1.29 is 0 Å². The number of para-hydroxylation sites is 3. The molecular weight excluding hydrogens is 508 g/mol. The average Bonchev–Trinajstić information content (AvgIpc) is 3.34. The zero-order chi connectivity index (χ0) is 27.6. The standard InChI is InChI=1S/C40H26N2/c1-4-13-28(14-5-1)41(29-15-6-2-7-16-29)31-23-24-32-33-20-11-21-36-39(33)40-37(42(36)30-17-8-3-9-18-30)25-22-27-12-10-19-34(38(27)40)35(32)26-31/h1-26H. The lowest BCUT2D eigenvalue weighted by Gasteiger charge is -2.26. The predicted octanol–water partition coefficient (Wildman–Crippen LogP) is 11.1. The van der Waals surface area contributed by atoms with E-state index in [4.69, 9.17) is 0 Å². The van der Waals surface area contributed by atoms with Crippen molar-refractivity contribution in [2.75, 3.05) is 4.90 Å². The van der Waals surface area contributed by atoms with Crippen LogP contribution in [0.25, 0.3) is 60.5 Å². The number of nitrogens with zero attached hydrogens (tertiary/aromatic N) is 2. The Bertz CT molecular complexity index is 2240. The Balaban J connectivity index is 1.39. The first-order valence-corrected chi connectivity index (χ1v) is 14.5. The van der Waals surface area contributed by atoms with Gasteiger partial charge < -0.3 is 9.47 Å². The summed E-state index contributed by atoms with van der Waals surface area (Å²) in [5.74, 6) is 0. The number of anilines is 3. The van der Waals surface area contributed by atoms with E-state index in [0.29, 0.717) is 0 Å². The molecule has 0 bridgehead atoms. The van der Waals surface area contributed by atoms with Gasteiger partial charge in [0, 0.05) is 33.5 Å². The molecule has 2 heteroatoms. The van der Waals surface area contributed by atoms with Crippen LogP contribution in [0.2, 0.25) is 0 Å². The van der Waals surface area contributed by atoms with Crippen LogP contribution in [-0.4, -0.2) is 4.57 Å². The Labute approximate surface area is 244 Å². The summed E-state index contributed by atoms with van der Waals surface area (Å²) in [6.45, 7) is 0. The van der Waals surface area contributed by atoms with Crippen LogP contribution >= 0.6 is 0 Å². The molecule has 9 rings (SSSR count). The zero-order valence-electron chi connectivity index (χ0n) is 22.9. The first-order valence-electron chi connectivity index (χ1n) is 14.5. The van der Waals surface area contributed by atoms with E-state index in [-0.39, 0.29) is 0 Å². The maximum atomic E-state index is 2.43. The van der Waals surface area contributed by atoms with Crippen molar-refractivity contribution >= 4 is 49.6 Å². The van der Waals surface area contributed by atoms with Crippen molar-refractivity contribution in [2.24, 2.45) is 0 Å². The molecule has 0 unspecified atom stereocenters. The van der Waals surface area contributed by atoms with E-state index >= 15 is 0 Å². The van der Waals surface area contributed by atoms with Gasteiger partial charge in [-0.15, -0.1) is 0 Å². The highest BCUT2D eigenvalue weighted by atomic mass is 15.1. The number of hydrogen-bond acceptors (Lipinski definition) is 1. The van der Waals surface area contributed by atoms with Gasteiger partial charge in [-0.1, -0.05) is 97.1 Å². The van der Waals surface area contributed by atoms with E-state index in [0.717, 1.165) is 17.1 Å². The van der Waals surface area contributed by atoms with Crippen molar-refractivity contribution in [3.8, 4) is 27.9 Å². The molecule has 0 atom stereocenters. The number of aromatic nitrogens is 1. The average molecular weight is 535 g/mol. The highest BCUT2D eigenvalue weighted by Crippen LogP contribution is 2.51. The lowest BCUT2D eigenvalue weighted by molar-refractivity contribution is 1.18. The minimum absolute atomic E-state index is 1.14. The molecule has 1 aliphatic rings. The molecule has 0 N–H and O–H groups in total. The van der Waals surface area contributed by atoms with Crippen LogP contribution in [0.15, 0.2) is 158 Å². The molecule has 0 amide bonds. The number of rotatable bonds is 4. The van der Waals surface area contributed by atoms with Crippen LogP contribution in [0.4, 0.5) is 17.1 Å². The minimum Gasteiger partial charge on any atom is -0.310 e. The van der Waals surface area contributed by atoms with Crippen LogP contribution in [0.5, 0.6) is 0 Å². The zero-order valence-corrected chi connectivity index (χ0v) is 22.9. The third-order valence-electron chi connectivity index (χ3n) is 8.68. The summed E-state index contributed by atoms with van der Waals surface area (Å²) in [6.07, 6.45) is 0. The Hall–Kier alpha value is -5.60. The van der Waals surface area contributed by atoms with Crippen molar-refractivity contribution in [3.63, 3.8) is 0 Å². The summed E-state index contributed by atoms with van der Waals surface area (Å²) >= 11 is 0. The first-order chi connectivity index (χ1) is 20.9. The van der Waals surface area contributed by atoms with Crippen LogP contribution in [0.1, 0.15) is 0 Å². The fraction of sp³-hybridized carbons (Fsp3) is 0. The van der Waals surface area contributed by atoms with Crippen molar-refractivity contribution in [2.45, 2.75) is 0 Å². The Morgan fingerprint density at radius 3 is 1.69 bits per heavy atom. The Kier molecular flexibility index (Phi) is 4.93. The molecule has 42 heavy (non-hydrogen) atoms. The topological polar surface area (TPSA) is 8.17 Å². The molecule has 0 saturated carbocycles. The van der Waals surface area contributed by atoms with Gasteiger partial charge in [-0.25, -0.2) is 0 Å². The Morgan fingerprint density at radius 2 is 0.976 bits per heavy atom. The van der Waals surface area contributed by atoms with Gasteiger partial charge in [0.15, 0.2) is 0 Å². The molecule has 196 valence electrons. The third-order valence-corrected chi connectivity index (χ3v) is 8.68. The van der Waals surface area contributed by atoms with Crippen molar-refractivity contribution in [3.05, 3.63) is 158 Å². The van der Waals surface area contributed by atoms with E-state index in [1.54, 1.807) is 0 Å². The van der Waals surface area contributed by atoms with E-state index in [2.05, 4.69) is 167 Å². The van der Waals surface area contributed by atoms with Gasteiger partial charge in [0.25, 0.3) is 0 Å². The second-order valence-electron chi connectivity index (χ2n) is 11.0. The number of hydrogen-bond donors (Lipinski definition) is 0. The highest BCUT2D eigenvalue weighted by Gasteiger charge is 2.25. The lowest BCUT2D eigenvalue weighted by atomic mass is 9.92. The molecular formula is C40H26N2. The minimum atomic E-state index is 1.14. The molecule has 8 aromatic rings. The summed E-state index contributed by atoms with van der Waals surface area (Å²) in [5, 5.41) is 5.24. The third kappa shape index (κ3) is 3.27. The highest BCUT2D eigenvalue weighted by molar-refractivity contribution is 6.30. The summed E-state index contributed by atoms with van der Waals surface area (Å²) in [7, 11) is 0. The molecule has 1 aromatic heterocycles. The summed E-state index contributed by atoms with van der Waals surface area (Å²) in [4.78, 5) is 2.35. The largest absolute Gasteiger partial charge is 0.310 e. The second-order valence-corrected chi connectivity index (χ2v) is 11.0. The fourth-order valence-corrected chi connectivity index (χ4v) is 6.96. The van der Waals surface area contributed by atoms with Crippen molar-refractivity contribution in [1.29, 1.82) is 0 Å². The maximum Gasteiger partial charge on any atom is 0.0547 e. The molecule has 0 radical (unpaired) electrons. The van der Waals surface area contributed by atoms with Gasteiger partial charge in [0.05, 0.1) is 11.0 Å². The molecule has 0 aliphatic heterocycles. The first kappa shape index (κ1) is 23.1. The molecule has 0 spiro atoms. The monoisotopic (exact) mass is 534 g/mol. The molecule has 1 heterocycles. The summed E-state index contributed by atoms with van der Waals surface area (Å²) < 4.78 is 2.43. The summed E-state index contributed by atoms with van der Waals surface area (Å²) in [6, 6.07) is 57.1. The summed E-state index contributed by atoms with van der Waals surface area (Å²) in [5.41, 5.74) is 12.2. The fourth-order valence-electron chi connectivity index (χ4n) is 6.96. The quantitative estimate of drug-likeness (QED) is 0.218. The van der Waals surface area contributed by atoms with Gasteiger partial charge in [-0.05, 0) is 93.7 Å². The van der Waals surface area contributed by atoms with Gasteiger partial charge in [0.1, 0.15) is 0 Å². The predicted molar refractivity (Wildman–Crippen MR) is 177 cm³/mol. The van der Waals surface area contributed by atoms with Crippen LogP contribution in [-0.2, 0) is 0 Å². The normalized spacial score (nSPS) is 11.8. The maximum absolute atomic E-state index is 2.43. The molecule has 1 aliphatic carbocycles. The molecule has 0 saturated heterocycles. The van der Waals surface area contributed by atoms with Gasteiger partial charge in [0.2, 0.25) is 0 Å². The number of benzene rings is 7. The smallest absolute Gasteiger partial charge is 0.0547 e. The van der Waals surface area contributed by atoms with Crippen molar-refractivity contribution in [1.82, 2.24) is 4.57 Å². The van der Waals surface area contributed by atoms with Gasteiger partial charge in [-0.2, -0.15) is 0 Å². The van der Waals surface area contributed by atoms with E-state index < -0.39 is 0 Å². The van der Waals surface area contributed by atoms with Gasteiger partial charge >= 0.3 is 0 Å². The molecule has 7 aromatic carbocycles. The van der Waals surface area contributed by atoms with E-state index in [1.807, 2.05) is 0 Å². The van der Waals surface area contributed by atoms with E-state index in [1.165, 1.54) is 60.5 Å². The van der Waals surface area contributed by atoms with Crippen LogP contribution in [0, 0.1) is 0 Å². The SMILES string of the molecule is c1ccc(N(c2ccccc2)c2ccc3c(c2)-c2cccc4ccc5c(c24)c2c-3cccc2n5-c2ccccc2)cc1. The van der Waals surface area contributed by atoms with Crippen LogP contribution in [0.3, 0.4) is 0 Å². The number of fused-ring (bicyclic) bond motifs is 3. The second kappa shape index (κ2) is 8.95. The van der Waals surface area contributed by atoms with E-state index in [9.17, 15) is 0 Å². The van der Waals surface area contributed by atoms with Crippen LogP contribution < -0.4 is 4.90 Å². The Morgan fingerprint density at radius 1 is 0.357 bits per heavy atom. The molecule has 0 fully saturated rings. The molecule has 2 nitrogen and oxygen atoms in total. The lowest BCUT2D eigenvalue weighted by Crippen LogP contribution is -2.10.